The number of fused-ring (bicyclic) bond motifs is 1. The summed E-state index contributed by atoms with van der Waals surface area (Å²) in [6.45, 7) is 1.29. The van der Waals surface area contributed by atoms with E-state index in [0.717, 1.165) is 35.5 Å². The molecule has 0 radical (unpaired) electrons. The minimum atomic E-state index is -0.710. The Morgan fingerprint density at radius 3 is 2.88 bits per heavy atom. The molecule has 24 heavy (non-hydrogen) atoms. The summed E-state index contributed by atoms with van der Waals surface area (Å²) in [6, 6.07) is 4.03. The van der Waals surface area contributed by atoms with Crippen LogP contribution in [0.2, 0.25) is 0 Å². The molecule has 0 amide bonds. The highest BCUT2D eigenvalue weighted by Gasteiger charge is 2.67. The molecule has 3 atom stereocenters. The Labute approximate surface area is 141 Å². The molecular formula is C19H22O5. The number of benzene rings is 1. The maximum atomic E-state index is 9.88. The van der Waals surface area contributed by atoms with Gasteiger partial charge in [0.15, 0.2) is 17.6 Å². The van der Waals surface area contributed by atoms with Crippen molar-refractivity contribution in [3.8, 4) is 11.5 Å². The summed E-state index contributed by atoms with van der Waals surface area (Å²) in [5, 5.41) is 9.88. The molecule has 0 bridgehead atoms. The summed E-state index contributed by atoms with van der Waals surface area (Å²) < 4.78 is 24.2. The number of hydrogen-bond acceptors (Lipinski definition) is 5. The number of methoxy groups -OCH3 is 1. The van der Waals surface area contributed by atoms with Crippen LogP contribution in [0.3, 0.4) is 0 Å². The fraction of sp³-hybridized carbons (Fsp3) is 0.579. The van der Waals surface area contributed by atoms with Gasteiger partial charge in [0.25, 0.3) is 0 Å². The summed E-state index contributed by atoms with van der Waals surface area (Å²) in [5.41, 5.74) is 1.99. The van der Waals surface area contributed by atoms with Crippen LogP contribution in [0.5, 0.6) is 11.5 Å². The molecule has 2 fully saturated rings. The number of ether oxygens (including phenoxy) is 4. The highest BCUT2D eigenvalue weighted by molar-refractivity contribution is 5.70. The Hall–Kier alpha value is -1.56. The van der Waals surface area contributed by atoms with Crippen LogP contribution in [0.15, 0.2) is 18.2 Å². The highest BCUT2D eigenvalue weighted by atomic mass is 16.8. The van der Waals surface area contributed by atoms with E-state index in [-0.39, 0.29) is 18.1 Å². The average Bonchev–Trinajstić information content (AvgIpc) is 3.20. The molecule has 5 nitrogen and oxygen atoms in total. The van der Waals surface area contributed by atoms with Gasteiger partial charge in [0.1, 0.15) is 0 Å². The molecule has 0 unspecified atom stereocenters. The number of hydrogen-bond donors (Lipinski definition) is 1. The smallest absolute Gasteiger partial charge is 0.206 e. The molecular weight excluding hydrogens is 308 g/mol. The van der Waals surface area contributed by atoms with E-state index in [0.29, 0.717) is 25.6 Å². The Kier molecular flexibility index (Phi) is 3.06. The van der Waals surface area contributed by atoms with Crippen molar-refractivity contribution < 1.29 is 24.1 Å². The molecule has 1 spiro atoms. The van der Waals surface area contributed by atoms with Gasteiger partial charge in [-0.25, -0.2) is 0 Å². The van der Waals surface area contributed by atoms with E-state index in [1.807, 2.05) is 6.07 Å². The van der Waals surface area contributed by atoms with E-state index in [4.69, 9.17) is 18.9 Å². The topological polar surface area (TPSA) is 57.2 Å². The molecule has 1 aromatic rings. The first-order chi connectivity index (χ1) is 11.7. The third-order valence-corrected chi connectivity index (χ3v) is 6.22. The first-order valence-electron chi connectivity index (χ1n) is 8.70. The van der Waals surface area contributed by atoms with E-state index in [1.165, 1.54) is 0 Å². The zero-order valence-corrected chi connectivity index (χ0v) is 13.8. The summed E-state index contributed by atoms with van der Waals surface area (Å²) in [4.78, 5) is 0. The summed E-state index contributed by atoms with van der Waals surface area (Å²) >= 11 is 0. The minimum Gasteiger partial charge on any atom is -0.493 e. The fourth-order valence-electron chi connectivity index (χ4n) is 5.32. The van der Waals surface area contributed by atoms with Crippen LogP contribution >= 0.6 is 0 Å². The van der Waals surface area contributed by atoms with E-state index < -0.39 is 5.79 Å². The van der Waals surface area contributed by atoms with Gasteiger partial charge in [-0.1, -0.05) is 18.2 Å². The van der Waals surface area contributed by atoms with Crippen molar-refractivity contribution in [1.29, 1.82) is 0 Å². The van der Waals surface area contributed by atoms with Crippen LogP contribution in [0.4, 0.5) is 0 Å². The Morgan fingerprint density at radius 1 is 1.29 bits per heavy atom. The molecule has 1 saturated carbocycles. The van der Waals surface area contributed by atoms with Crippen molar-refractivity contribution in [2.75, 3.05) is 26.9 Å². The Bertz CT molecular complexity index is 706. The fourth-order valence-corrected chi connectivity index (χ4v) is 5.32. The summed E-state index contributed by atoms with van der Waals surface area (Å²) in [5.74, 6) is 1.14. The van der Waals surface area contributed by atoms with Gasteiger partial charge in [-0.2, -0.15) is 0 Å². The van der Waals surface area contributed by atoms with Crippen molar-refractivity contribution in [3.63, 3.8) is 0 Å². The number of allylic oxidation sites excluding steroid dienone is 1. The predicted octanol–water partition coefficient (Wildman–Crippen LogP) is 2.26. The lowest BCUT2D eigenvalue weighted by Gasteiger charge is -2.51. The standard InChI is InChI=1S/C19H22O5/c1-21-14-5-3-12-2-4-13-6-7-19(22-10-11-23-19)17-18(13,8-9-20)15(12)16(14)24-17/h2-5,13,17,20H,6-11H2,1H3/t13-,17-,18+/m1/s1. The van der Waals surface area contributed by atoms with Crippen molar-refractivity contribution in [2.24, 2.45) is 5.92 Å². The number of rotatable bonds is 3. The lowest BCUT2D eigenvalue weighted by atomic mass is 9.56. The molecule has 1 aromatic carbocycles. The van der Waals surface area contributed by atoms with Crippen LogP contribution in [0, 0.1) is 5.92 Å². The van der Waals surface area contributed by atoms with Crippen molar-refractivity contribution in [2.45, 2.75) is 36.6 Å². The van der Waals surface area contributed by atoms with Gasteiger partial charge < -0.3 is 24.1 Å². The monoisotopic (exact) mass is 330 g/mol. The van der Waals surface area contributed by atoms with Gasteiger partial charge in [-0.15, -0.1) is 0 Å². The highest BCUT2D eigenvalue weighted by Crippen LogP contribution is 2.63. The molecule has 4 aliphatic rings. The maximum Gasteiger partial charge on any atom is 0.206 e. The average molecular weight is 330 g/mol. The van der Waals surface area contributed by atoms with Crippen molar-refractivity contribution in [3.05, 3.63) is 29.3 Å². The Morgan fingerprint density at radius 2 is 2.12 bits per heavy atom. The van der Waals surface area contributed by atoms with Crippen molar-refractivity contribution in [1.82, 2.24) is 0 Å². The second-order valence-corrected chi connectivity index (χ2v) is 7.09. The predicted molar refractivity (Wildman–Crippen MR) is 87.2 cm³/mol. The van der Waals surface area contributed by atoms with E-state index in [2.05, 4.69) is 18.2 Å². The van der Waals surface area contributed by atoms with Crippen LogP contribution in [0.25, 0.3) is 6.08 Å². The van der Waals surface area contributed by atoms with Crippen LogP contribution in [0.1, 0.15) is 30.4 Å². The summed E-state index contributed by atoms with van der Waals surface area (Å²) in [6.07, 6.45) is 6.61. The van der Waals surface area contributed by atoms with E-state index in [9.17, 15) is 5.11 Å². The maximum absolute atomic E-state index is 9.88. The normalized spacial score (nSPS) is 34.2. The van der Waals surface area contributed by atoms with Crippen LogP contribution < -0.4 is 9.47 Å². The van der Waals surface area contributed by atoms with Gasteiger partial charge in [0.2, 0.25) is 5.79 Å². The molecule has 2 heterocycles. The third-order valence-electron chi connectivity index (χ3n) is 6.22. The van der Waals surface area contributed by atoms with Gasteiger partial charge in [-0.05, 0) is 30.4 Å². The largest absolute Gasteiger partial charge is 0.493 e. The Balaban J connectivity index is 1.76. The van der Waals surface area contributed by atoms with E-state index in [1.54, 1.807) is 7.11 Å². The molecule has 5 heteroatoms. The SMILES string of the molecule is COc1ccc2c3c1O[C@H]1C4(CC[C@@H](C=C2)[C@@]31CCO)OCCO4. The zero-order valence-electron chi connectivity index (χ0n) is 13.8. The molecule has 128 valence electrons. The molecule has 2 aliphatic carbocycles. The molecule has 0 aromatic heterocycles. The summed E-state index contributed by atoms with van der Waals surface area (Å²) in [7, 11) is 1.66. The quantitative estimate of drug-likeness (QED) is 0.921. The molecule has 5 rings (SSSR count). The minimum absolute atomic E-state index is 0.108. The second kappa shape index (κ2) is 4.97. The number of aliphatic hydroxyl groups excluding tert-OH is 1. The van der Waals surface area contributed by atoms with Gasteiger partial charge in [-0.3, -0.25) is 0 Å². The van der Waals surface area contributed by atoms with Crippen LogP contribution in [-0.2, 0) is 14.9 Å². The number of aliphatic hydroxyl groups is 1. The van der Waals surface area contributed by atoms with Gasteiger partial charge >= 0.3 is 0 Å². The second-order valence-electron chi connectivity index (χ2n) is 7.09. The molecule has 2 aliphatic heterocycles. The first kappa shape index (κ1) is 14.8. The van der Waals surface area contributed by atoms with Gasteiger partial charge in [0, 0.05) is 18.6 Å². The van der Waals surface area contributed by atoms with Crippen LogP contribution in [-0.4, -0.2) is 43.9 Å². The lowest BCUT2D eigenvalue weighted by Crippen LogP contribution is -2.62. The third kappa shape index (κ3) is 1.60. The van der Waals surface area contributed by atoms with Crippen molar-refractivity contribution >= 4 is 6.08 Å². The first-order valence-corrected chi connectivity index (χ1v) is 8.70. The molecule has 1 N–H and O–H groups in total. The zero-order chi connectivity index (χ0) is 16.4. The van der Waals surface area contributed by atoms with E-state index >= 15 is 0 Å². The van der Waals surface area contributed by atoms with Gasteiger partial charge in [0.05, 0.1) is 25.7 Å². The molecule has 1 saturated heterocycles. The lowest BCUT2D eigenvalue weighted by molar-refractivity contribution is -0.249.